The van der Waals surface area contributed by atoms with Gasteiger partial charge in [0.05, 0.1) is 10.5 Å². The van der Waals surface area contributed by atoms with Crippen molar-refractivity contribution < 1.29 is 17.5 Å². The van der Waals surface area contributed by atoms with Crippen LogP contribution in [0.15, 0.2) is 48.5 Å². The molecule has 7 nitrogen and oxygen atoms in total. The van der Waals surface area contributed by atoms with E-state index in [0.29, 0.717) is 5.56 Å². The number of nitro groups is 1. The molecule has 0 amide bonds. The Kier molecular flexibility index (Phi) is 4.39. The maximum absolute atomic E-state index is 12.0. The Morgan fingerprint density at radius 3 is 2.36 bits per heavy atom. The van der Waals surface area contributed by atoms with E-state index in [2.05, 4.69) is 0 Å². The Morgan fingerprint density at radius 2 is 1.77 bits per heavy atom. The smallest absolute Gasteiger partial charge is 0.313 e. The topological polar surface area (TPSA) is 110 Å². The molecule has 2 rings (SSSR count). The van der Waals surface area contributed by atoms with E-state index in [1.807, 2.05) is 6.07 Å². The molecule has 0 saturated carbocycles. The minimum atomic E-state index is -3.97. The molecular formula is C14H10N2O5S. The second kappa shape index (κ2) is 6.24. The fourth-order valence-corrected chi connectivity index (χ4v) is 2.79. The Hall–Kier alpha value is -2.92. The molecule has 0 N–H and O–H groups in total. The van der Waals surface area contributed by atoms with E-state index >= 15 is 0 Å². The number of para-hydroxylation sites is 1. The zero-order valence-electron chi connectivity index (χ0n) is 11.2. The van der Waals surface area contributed by atoms with Gasteiger partial charge in [0, 0.05) is 12.1 Å². The third-order valence-corrected chi connectivity index (χ3v) is 3.84. The highest BCUT2D eigenvalue weighted by atomic mass is 32.2. The lowest BCUT2D eigenvalue weighted by Gasteiger charge is -2.08. The maximum Gasteiger partial charge on any atom is 0.313 e. The van der Waals surface area contributed by atoms with E-state index in [1.165, 1.54) is 36.4 Å². The Bertz CT molecular complexity index is 838. The summed E-state index contributed by atoms with van der Waals surface area (Å²) in [6.45, 7) is 0. The summed E-state index contributed by atoms with van der Waals surface area (Å²) in [6, 6.07) is 12.9. The van der Waals surface area contributed by atoms with Crippen LogP contribution in [0, 0.1) is 21.4 Å². The number of nitrogens with zero attached hydrogens (tertiary/aromatic N) is 2. The molecule has 0 heterocycles. The summed E-state index contributed by atoms with van der Waals surface area (Å²) in [7, 11) is -3.97. The molecule has 22 heavy (non-hydrogen) atoms. The number of hydrogen-bond donors (Lipinski definition) is 0. The van der Waals surface area contributed by atoms with E-state index in [1.54, 1.807) is 12.1 Å². The molecular weight excluding hydrogens is 308 g/mol. The predicted octanol–water partition coefficient (Wildman–Crippen LogP) is 2.38. The summed E-state index contributed by atoms with van der Waals surface area (Å²) in [4.78, 5) is 9.97. The molecule has 0 aliphatic heterocycles. The fraction of sp³-hybridized carbons (Fsp3) is 0.0714. The molecule has 2 aromatic carbocycles. The number of hydrogen-bond acceptors (Lipinski definition) is 6. The van der Waals surface area contributed by atoms with E-state index in [4.69, 9.17) is 9.44 Å². The van der Waals surface area contributed by atoms with Crippen molar-refractivity contribution >= 4 is 15.8 Å². The van der Waals surface area contributed by atoms with Gasteiger partial charge in [0.15, 0.2) is 5.75 Å². The maximum atomic E-state index is 12.0. The van der Waals surface area contributed by atoms with Crippen LogP contribution in [0.1, 0.15) is 11.1 Å². The summed E-state index contributed by atoms with van der Waals surface area (Å²) in [5.41, 5.74) is 0.326. The largest absolute Gasteiger partial charge is 0.381 e. The number of rotatable bonds is 5. The van der Waals surface area contributed by atoms with Crippen molar-refractivity contribution in [2.24, 2.45) is 0 Å². The van der Waals surface area contributed by atoms with Gasteiger partial charge in [-0.25, -0.2) is 0 Å². The quantitative estimate of drug-likeness (QED) is 0.475. The van der Waals surface area contributed by atoms with Gasteiger partial charge in [-0.3, -0.25) is 10.1 Å². The first-order valence-corrected chi connectivity index (χ1v) is 7.63. The van der Waals surface area contributed by atoms with E-state index in [9.17, 15) is 18.5 Å². The summed E-state index contributed by atoms with van der Waals surface area (Å²) >= 11 is 0. The van der Waals surface area contributed by atoms with Gasteiger partial charge in [-0.1, -0.05) is 24.3 Å². The lowest BCUT2D eigenvalue weighted by Crippen LogP contribution is -2.12. The minimum Gasteiger partial charge on any atom is -0.381 e. The lowest BCUT2D eigenvalue weighted by molar-refractivity contribution is -0.384. The van der Waals surface area contributed by atoms with Crippen molar-refractivity contribution in [1.29, 1.82) is 5.26 Å². The molecule has 0 aliphatic carbocycles. The fourth-order valence-electron chi connectivity index (χ4n) is 1.72. The summed E-state index contributed by atoms with van der Waals surface area (Å²) in [5, 5.41) is 19.4. The second-order valence-corrected chi connectivity index (χ2v) is 5.89. The number of non-ortho nitro benzene ring substituents is 1. The van der Waals surface area contributed by atoms with Crippen molar-refractivity contribution in [2.75, 3.05) is 0 Å². The highest BCUT2D eigenvalue weighted by Gasteiger charge is 2.17. The van der Waals surface area contributed by atoms with Crippen LogP contribution in [-0.4, -0.2) is 13.3 Å². The molecule has 0 aromatic heterocycles. The molecule has 0 saturated heterocycles. The zero-order valence-corrected chi connectivity index (χ0v) is 12.0. The van der Waals surface area contributed by atoms with Gasteiger partial charge in [0.2, 0.25) is 0 Å². The van der Waals surface area contributed by atoms with Crippen LogP contribution in [0.5, 0.6) is 5.75 Å². The SMILES string of the molecule is N#Cc1ccccc1OS(=O)(=O)Cc1ccc([N+](=O)[O-])cc1. The molecule has 2 aromatic rings. The molecule has 8 heteroatoms. The number of nitro benzene ring substituents is 1. The first-order valence-electron chi connectivity index (χ1n) is 6.06. The Morgan fingerprint density at radius 1 is 1.14 bits per heavy atom. The molecule has 112 valence electrons. The van der Waals surface area contributed by atoms with Crippen molar-refractivity contribution in [2.45, 2.75) is 5.75 Å². The minimum absolute atomic E-state index is 0.0492. The van der Waals surface area contributed by atoms with Crippen LogP contribution >= 0.6 is 0 Å². The first-order chi connectivity index (χ1) is 10.4. The number of nitriles is 1. The van der Waals surface area contributed by atoms with Gasteiger partial charge in [-0.05, 0) is 17.7 Å². The second-order valence-electron chi connectivity index (χ2n) is 4.32. The van der Waals surface area contributed by atoms with Crippen LogP contribution in [0.3, 0.4) is 0 Å². The summed E-state index contributed by atoms with van der Waals surface area (Å²) in [6.07, 6.45) is 0. The first kappa shape index (κ1) is 15.5. The monoisotopic (exact) mass is 318 g/mol. The van der Waals surface area contributed by atoms with Gasteiger partial charge in [-0.15, -0.1) is 0 Å². The van der Waals surface area contributed by atoms with Crippen LogP contribution in [-0.2, 0) is 15.9 Å². The van der Waals surface area contributed by atoms with E-state index < -0.39 is 20.8 Å². The Balaban J connectivity index is 2.18. The molecule has 0 fully saturated rings. The van der Waals surface area contributed by atoms with Gasteiger partial charge < -0.3 is 4.18 Å². The molecule has 0 unspecified atom stereocenters. The average Bonchev–Trinajstić information content (AvgIpc) is 2.47. The van der Waals surface area contributed by atoms with Crippen LogP contribution < -0.4 is 4.18 Å². The molecule has 0 radical (unpaired) electrons. The highest BCUT2D eigenvalue weighted by Crippen LogP contribution is 2.21. The normalized spacial score (nSPS) is 10.7. The van der Waals surface area contributed by atoms with Crippen molar-refractivity contribution in [3.63, 3.8) is 0 Å². The third kappa shape index (κ3) is 3.80. The number of benzene rings is 2. The molecule has 0 spiro atoms. The van der Waals surface area contributed by atoms with Gasteiger partial charge in [-0.2, -0.15) is 13.7 Å². The molecule has 0 bridgehead atoms. The van der Waals surface area contributed by atoms with Crippen molar-refractivity contribution in [3.05, 3.63) is 69.8 Å². The average molecular weight is 318 g/mol. The molecule has 0 aliphatic rings. The lowest BCUT2D eigenvalue weighted by atomic mass is 10.2. The summed E-state index contributed by atoms with van der Waals surface area (Å²) in [5.74, 6) is -0.503. The molecule has 0 atom stereocenters. The summed E-state index contributed by atoms with van der Waals surface area (Å²) < 4.78 is 28.9. The van der Waals surface area contributed by atoms with Gasteiger partial charge >= 0.3 is 10.1 Å². The van der Waals surface area contributed by atoms with Crippen LogP contribution in [0.2, 0.25) is 0 Å². The van der Waals surface area contributed by atoms with Crippen molar-refractivity contribution in [3.8, 4) is 11.8 Å². The standard InChI is InChI=1S/C14H10N2O5S/c15-9-12-3-1-2-4-14(12)21-22(19,20)10-11-5-7-13(8-6-11)16(17)18/h1-8H,10H2. The van der Waals surface area contributed by atoms with Gasteiger partial charge in [0.25, 0.3) is 5.69 Å². The predicted molar refractivity (Wildman–Crippen MR) is 77.5 cm³/mol. The van der Waals surface area contributed by atoms with Crippen LogP contribution in [0.25, 0.3) is 0 Å². The third-order valence-electron chi connectivity index (χ3n) is 2.71. The van der Waals surface area contributed by atoms with E-state index in [-0.39, 0.29) is 17.0 Å². The van der Waals surface area contributed by atoms with E-state index in [0.717, 1.165) is 0 Å². The van der Waals surface area contributed by atoms with Crippen LogP contribution in [0.4, 0.5) is 5.69 Å². The van der Waals surface area contributed by atoms with Crippen molar-refractivity contribution in [1.82, 2.24) is 0 Å². The highest BCUT2D eigenvalue weighted by molar-refractivity contribution is 7.86. The Labute approximate surface area is 126 Å². The van der Waals surface area contributed by atoms with Gasteiger partial charge in [0.1, 0.15) is 11.8 Å². The zero-order chi connectivity index (χ0) is 16.2.